The fourth-order valence-corrected chi connectivity index (χ4v) is 4.86. The molecule has 2 fully saturated rings. The van der Waals surface area contributed by atoms with Gasteiger partial charge in [0.2, 0.25) is 5.95 Å². The Kier molecular flexibility index (Phi) is 4.43. The van der Waals surface area contributed by atoms with E-state index in [-0.39, 0.29) is 48.0 Å². The standard InChI is InChI=1S/C23H20F2N2O3/c24-15-5-3-14(4-6-15)19-9-10-20(30-19)22(28)27-16-7-8-17(27)13-23(29,12-16)18-2-1-11-26-21(18)25/h1-6,9-11,16-17,29H,7-8,12-13H2/t16-,17-/m1/s1. The molecule has 2 aromatic heterocycles. The fraction of sp³-hybridized carbons (Fsp3) is 0.304. The molecule has 1 amide bonds. The zero-order valence-electron chi connectivity index (χ0n) is 16.1. The van der Waals surface area contributed by atoms with Gasteiger partial charge >= 0.3 is 0 Å². The first-order chi connectivity index (χ1) is 14.4. The molecular weight excluding hydrogens is 390 g/mol. The van der Waals surface area contributed by atoms with Crippen LogP contribution in [0.5, 0.6) is 0 Å². The number of hydrogen-bond donors (Lipinski definition) is 1. The molecule has 5 rings (SSSR count). The average Bonchev–Trinajstić information content (AvgIpc) is 3.32. The number of fused-ring (bicyclic) bond motifs is 2. The van der Waals surface area contributed by atoms with E-state index in [0.29, 0.717) is 11.3 Å². The van der Waals surface area contributed by atoms with Crippen LogP contribution in [-0.2, 0) is 5.60 Å². The van der Waals surface area contributed by atoms with Gasteiger partial charge in [-0.3, -0.25) is 4.79 Å². The van der Waals surface area contributed by atoms with Crippen LogP contribution >= 0.6 is 0 Å². The van der Waals surface area contributed by atoms with Crippen molar-refractivity contribution in [3.63, 3.8) is 0 Å². The van der Waals surface area contributed by atoms with Gasteiger partial charge in [-0.15, -0.1) is 0 Å². The van der Waals surface area contributed by atoms with Crippen LogP contribution < -0.4 is 0 Å². The number of benzene rings is 1. The molecule has 2 atom stereocenters. The van der Waals surface area contributed by atoms with E-state index in [1.165, 1.54) is 18.3 Å². The van der Waals surface area contributed by atoms with Gasteiger partial charge in [-0.05, 0) is 55.3 Å². The second kappa shape index (κ2) is 7.02. The maximum atomic E-state index is 14.2. The molecular formula is C23H20F2N2O3. The SMILES string of the molecule is O=C(c1ccc(-c2ccc(F)cc2)o1)N1[C@@H]2CC[C@@H]1CC(O)(c1cccnc1F)C2. The molecule has 0 spiro atoms. The van der Waals surface area contributed by atoms with Gasteiger partial charge in [-0.2, -0.15) is 4.39 Å². The number of furan rings is 1. The number of nitrogens with zero attached hydrogens (tertiary/aromatic N) is 2. The second-order valence-corrected chi connectivity index (χ2v) is 8.05. The number of pyridine rings is 1. The first-order valence-corrected chi connectivity index (χ1v) is 9.96. The first kappa shape index (κ1) is 18.9. The van der Waals surface area contributed by atoms with Crippen molar-refractivity contribution in [2.45, 2.75) is 43.4 Å². The van der Waals surface area contributed by atoms with E-state index in [1.54, 1.807) is 41.3 Å². The average molecular weight is 410 g/mol. The van der Waals surface area contributed by atoms with Crippen molar-refractivity contribution < 1.29 is 23.1 Å². The van der Waals surface area contributed by atoms with E-state index in [9.17, 15) is 18.7 Å². The summed E-state index contributed by atoms with van der Waals surface area (Å²) in [5.41, 5.74) is -0.479. The number of amides is 1. The topological polar surface area (TPSA) is 66.6 Å². The first-order valence-electron chi connectivity index (χ1n) is 9.96. The fourth-order valence-electron chi connectivity index (χ4n) is 4.86. The zero-order chi connectivity index (χ0) is 20.9. The van der Waals surface area contributed by atoms with E-state index >= 15 is 0 Å². The van der Waals surface area contributed by atoms with Crippen molar-refractivity contribution in [2.24, 2.45) is 0 Å². The summed E-state index contributed by atoms with van der Waals surface area (Å²) in [6.45, 7) is 0. The molecule has 7 heteroatoms. The number of piperidine rings is 1. The quantitative estimate of drug-likeness (QED) is 0.655. The minimum Gasteiger partial charge on any atom is -0.451 e. The number of carbonyl (C=O) groups excluding carboxylic acids is 1. The highest BCUT2D eigenvalue weighted by atomic mass is 19.1. The number of aromatic nitrogens is 1. The largest absolute Gasteiger partial charge is 0.451 e. The minimum atomic E-state index is -1.34. The monoisotopic (exact) mass is 410 g/mol. The molecule has 0 unspecified atom stereocenters. The highest BCUT2D eigenvalue weighted by molar-refractivity contribution is 5.93. The van der Waals surface area contributed by atoms with Crippen LogP contribution in [0.25, 0.3) is 11.3 Å². The summed E-state index contributed by atoms with van der Waals surface area (Å²) in [5, 5.41) is 11.2. The van der Waals surface area contributed by atoms with Crippen LogP contribution in [-0.4, -0.2) is 33.0 Å². The lowest BCUT2D eigenvalue weighted by Gasteiger charge is -2.43. The van der Waals surface area contributed by atoms with Crippen LogP contribution in [0.15, 0.2) is 59.1 Å². The highest BCUT2D eigenvalue weighted by Crippen LogP contribution is 2.46. The van der Waals surface area contributed by atoms with Crippen LogP contribution in [0, 0.1) is 11.8 Å². The molecule has 4 heterocycles. The maximum absolute atomic E-state index is 14.2. The molecule has 5 nitrogen and oxygen atoms in total. The second-order valence-electron chi connectivity index (χ2n) is 8.05. The molecule has 1 aromatic carbocycles. The Morgan fingerprint density at radius 3 is 2.43 bits per heavy atom. The predicted molar refractivity (Wildman–Crippen MR) is 104 cm³/mol. The van der Waals surface area contributed by atoms with E-state index in [4.69, 9.17) is 4.42 Å². The Hall–Kier alpha value is -3.06. The Labute approximate surface area is 172 Å². The summed E-state index contributed by atoms with van der Waals surface area (Å²) in [6.07, 6.45) is 3.34. The summed E-state index contributed by atoms with van der Waals surface area (Å²) >= 11 is 0. The van der Waals surface area contributed by atoms with Crippen molar-refractivity contribution in [3.8, 4) is 11.3 Å². The molecule has 154 valence electrons. The summed E-state index contributed by atoms with van der Waals surface area (Å²) in [5.74, 6) is -0.580. The lowest BCUT2D eigenvalue weighted by atomic mass is 9.81. The van der Waals surface area contributed by atoms with Crippen LogP contribution in [0.3, 0.4) is 0 Å². The number of halogens is 2. The normalized spacial score (nSPS) is 25.5. The van der Waals surface area contributed by atoms with Gasteiger partial charge in [0, 0.05) is 42.2 Å². The highest BCUT2D eigenvalue weighted by Gasteiger charge is 2.51. The molecule has 0 aliphatic carbocycles. The molecule has 30 heavy (non-hydrogen) atoms. The molecule has 2 bridgehead atoms. The number of rotatable bonds is 3. The third-order valence-electron chi connectivity index (χ3n) is 6.21. The van der Waals surface area contributed by atoms with Gasteiger partial charge in [0.15, 0.2) is 5.76 Å². The van der Waals surface area contributed by atoms with E-state index in [2.05, 4.69) is 4.98 Å². The van der Waals surface area contributed by atoms with Gasteiger partial charge in [0.1, 0.15) is 11.6 Å². The van der Waals surface area contributed by atoms with E-state index in [0.717, 1.165) is 12.8 Å². The third-order valence-corrected chi connectivity index (χ3v) is 6.21. The van der Waals surface area contributed by atoms with Gasteiger partial charge in [-0.25, -0.2) is 9.37 Å². The van der Waals surface area contributed by atoms with Crippen LogP contribution in [0.1, 0.15) is 41.8 Å². The Balaban J connectivity index is 1.38. The Bertz CT molecular complexity index is 1080. The molecule has 0 saturated carbocycles. The van der Waals surface area contributed by atoms with Crippen LogP contribution in [0.2, 0.25) is 0 Å². The molecule has 2 saturated heterocycles. The number of aliphatic hydroxyl groups is 1. The predicted octanol–water partition coefficient (Wildman–Crippen LogP) is 4.27. The van der Waals surface area contributed by atoms with E-state index < -0.39 is 11.5 Å². The molecule has 2 aliphatic heterocycles. The molecule has 2 aliphatic rings. The molecule has 1 N–H and O–H groups in total. The minimum absolute atomic E-state index is 0.186. The van der Waals surface area contributed by atoms with Gasteiger partial charge in [0.25, 0.3) is 5.91 Å². The Morgan fingerprint density at radius 1 is 1.07 bits per heavy atom. The zero-order valence-corrected chi connectivity index (χ0v) is 16.1. The van der Waals surface area contributed by atoms with Gasteiger partial charge in [0.05, 0.1) is 5.60 Å². The summed E-state index contributed by atoms with van der Waals surface area (Å²) < 4.78 is 33.1. The van der Waals surface area contributed by atoms with Crippen molar-refractivity contribution in [3.05, 3.63) is 77.8 Å². The van der Waals surface area contributed by atoms with Gasteiger partial charge in [-0.1, -0.05) is 6.07 Å². The van der Waals surface area contributed by atoms with Crippen molar-refractivity contribution in [1.82, 2.24) is 9.88 Å². The van der Waals surface area contributed by atoms with Crippen molar-refractivity contribution in [1.29, 1.82) is 0 Å². The summed E-state index contributed by atoms with van der Waals surface area (Å²) in [4.78, 5) is 18.6. The van der Waals surface area contributed by atoms with Crippen molar-refractivity contribution in [2.75, 3.05) is 0 Å². The lowest BCUT2D eigenvalue weighted by molar-refractivity contribution is -0.0510. The molecule has 0 radical (unpaired) electrons. The van der Waals surface area contributed by atoms with Crippen molar-refractivity contribution >= 4 is 5.91 Å². The summed E-state index contributed by atoms with van der Waals surface area (Å²) in [7, 11) is 0. The van der Waals surface area contributed by atoms with Gasteiger partial charge < -0.3 is 14.4 Å². The summed E-state index contributed by atoms with van der Waals surface area (Å²) in [6, 6.07) is 11.9. The van der Waals surface area contributed by atoms with E-state index in [1.807, 2.05) is 0 Å². The number of carbonyl (C=O) groups is 1. The maximum Gasteiger partial charge on any atom is 0.290 e. The third kappa shape index (κ3) is 3.10. The Morgan fingerprint density at radius 2 is 1.77 bits per heavy atom. The van der Waals surface area contributed by atoms with Crippen LogP contribution in [0.4, 0.5) is 8.78 Å². The number of hydrogen-bond acceptors (Lipinski definition) is 4. The molecule has 3 aromatic rings. The lowest BCUT2D eigenvalue weighted by Crippen LogP contribution is -2.52. The smallest absolute Gasteiger partial charge is 0.290 e.